The molecule has 0 fully saturated rings. The van der Waals surface area contributed by atoms with Gasteiger partial charge in [0.1, 0.15) is 11.6 Å². The highest BCUT2D eigenvalue weighted by Gasteiger charge is 2.15. The predicted molar refractivity (Wildman–Crippen MR) is 109 cm³/mol. The van der Waals surface area contributed by atoms with Gasteiger partial charge in [0.25, 0.3) is 0 Å². The molecule has 0 radical (unpaired) electrons. The molecule has 0 N–H and O–H groups in total. The van der Waals surface area contributed by atoms with Gasteiger partial charge in [-0.1, -0.05) is 45.1 Å². The van der Waals surface area contributed by atoms with Gasteiger partial charge in [0.2, 0.25) is 0 Å². The van der Waals surface area contributed by atoms with Gasteiger partial charge in [0, 0.05) is 0 Å². The summed E-state index contributed by atoms with van der Waals surface area (Å²) in [4.78, 5) is 24.5. The van der Waals surface area contributed by atoms with E-state index in [0.717, 1.165) is 19.3 Å². The fraction of sp³-hybridized carbons (Fsp3) is 0.364. The van der Waals surface area contributed by atoms with Crippen LogP contribution in [0.2, 0.25) is 0 Å². The molecule has 0 aromatic heterocycles. The van der Waals surface area contributed by atoms with Crippen molar-refractivity contribution < 1.29 is 23.5 Å². The van der Waals surface area contributed by atoms with E-state index in [9.17, 15) is 14.0 Å². The second-order valence-corrected chi connectivity index (χ2v) is 7.30. The van der Waals surface area contributed by atoms with Crippen molar-refractivity contribution >= 4 is 27.9 Å². The second kappa shape index (κ2) is 11.6. The van der Waals surface area contributed by atoms with E-state index in [2.05, 4.69) is 22.9 Å². The SMILES string of the molecule is CCCCCCCCOC(=O)c1cccc(C(=O)Oc2ccc(F)cc2Br)c1. The monoisotopic (exact) mass is 450 g/mol. The maximum Gasteiger partial charge on any atom is 0.343 e. The first kappa shape index (κ1) is 22.1. The molecule has 0 heterocycles. The average molecular weight is 451 g/mol. The molecule has 0 bridgehead atoms. The van der Waals surface area contributed by atoms with E-state index in [1.165, 1.54) is 43.5 Å². The summed E-state index contributed by atoms with van der Waals surface area (Å²) < 4.78 is 24.0. The van der Waals surface area contributed by atoms with Crippen molar-refractivity contribution in [2.45, 2.75) is 45.4 Å². The highest BCUT2D eigenvalue weighted by atomic mass is 79.9. The molecule has 2 aromatic rings. The normalized spacial score (nSPS) is 10.5. The third-order valence-corrected chi connectivity index (χ3v) is 4.78. The lowest BCUT2D eigenvalue weighted by Gasteiger charge is -2.08. The third-order valence-electron chi connectivity index (χ3n) is 4.16. The molecule has 2 rings (SSSR count). The van der Waals surface area contributed by atoms with Gasteiger partial charge in [0.15, 0.2) is 0 Å². The highest BCUT2D eigenvalue weighted by Crippen LogP contribution is 2.26. The van der Waals surface area contributed by atoms with Crippen LogP contribution < -0.4 is 4.74 Å². The Morgan fingerprint density at radius 1 is 0.929 bits per heavy atom. The molecule has 2 aromatic carbocycles. The highest BCUT2D eigenvalue weighted by molar-refractivity contribution is 9.10. The van der Waals surface area contributed by atoms with Crippen LogP contribution in [-0.2, 0) is 4.74 Å². The van der Waals surface area contributed by atoms with Crippen molar-refractivity contribution in [2.75, 3.05) is 6.61 Å². The van der Waals surface area contributed by atoms with Crippen molar-refractivity contribution in [3.63, 3.8) is 0 Å². The topological polar surface area (TPSA) is 52.6 Å². The lowest BCUT2D eigenvalue weighted by atomic mass is 10.1. The summed E-state index contributed by atoms with van der Waals surface area (Å²) in [6.45, 7) is 2.53. The summed E-state index contributed by atoms with van der Waals surface area (Å²) in [7, 11) is 0. The van der Waals surface area contributed by atoms with Gasteiger partial charge in [-0.15, -0.1) is 0 Å². The lowest BCUT2D eigenvalue weighted by Crippen LogP contribution is -2.12. The van der Waals surface area contributed by atoms with Crippen molar-refractivity contribution in [1.82, 2.24) is 0 Å². The van der Waals surface area contributed by atoms with Crippen LogP contribution in [0.25, 0.3) is 0 Å². The molecule has 4 nitrogen and oxygen atoms in total. The third kappa shape index (κ3) is 7.08. The van der Waals surface area contributed by atoms with Gasteiger partial charge in [0.05, 0.1) is 22.2 Å². The molecule has 0 spiro atoms. The van der Waals surface area contributed by atoms with E-state index in [0.29, 0.717) is 16.6 Å². The Kier molecular flexibility index (Phi) is 9.14. The number of hydrogen-bond acceptors (Lipinski definition) is 4. The number of unbranched alkanes of at least 4 members (excludes halogenated alkanes) is 5. The number of ether oxygens (including phenoxy) is 2. The zero-order valence-electron chi connectivity index (χ0n) is 15.9. The largest absolute Gasteiger partial charge is 0.462 e. The quantitative estimate of drug-likeness (QED) is 0.241. The molecule has 0 aliphatic rings. The summed E-state index contributed by atoms with van der Waals surface area (Å²) >= 11 is 3.15. The molecular formula is C22H24BrFO4. The first-order valence-corrected chi connectivity index (χ1v) is 10.2. The summed E-state index contributed by atoms with van der Waals surface area (Å²) in [5, 5.41) is 0. The zero-order valence-corrected chi connectivity index (χ0v) is 17.5. The smallest absolute Gasteiger partial charge is 0.343 e. The fourth-order valence-corrected chi connectivity index (χ4v) is 3.05. The van der Waals surface area contributed by atoms with Crippen LogP contribution in [0.5, 0.6) is 5.75 Å². The molecular weight excluding hydrogens is 427 g/mol. The van der Waals surface area contributed by atoms with Crippen LogP contribution in [0.1, 0.15) is 66.2 Å². The van der Waals surface area contributed by atoms with E-state index in [1.54, 1.807) is 18.2 Å². The van der Waals surface area contributed by atoms with Crippen LogP contribution >= 0.6 is 15.9 Å². The maximum atomic E-state index is 13.1. The summed E-state index contributed by atoms with van der Waals surface area (Å²) in [5.74, 6) is -1.35. The molecule has 0 saturated carbocycles. The number of esters is 2. The Labute approximate surface area is 173 Å². The minimum absolute atomic E-state index is 0.197. The molecule has 0 atom stereocenters. The minimum atomic E-state index is -0.641. The number of benzene rings is 2. The lowest BCUT2D eigenvalue weighted by molar-refractivity contribution is 0.0497. The van der Waals surface area contributed by atoms with E-state index in [4.69, 9.17) is 9.47 Å². The van der Waals surface area contributed by atoms with Crippen molar-refractivity contribution in [1.29, 1.82) is 0 Å². The molecule has 0 unspecified atom stereocenters. The van der Waals surface area contributed by atoms with Crippen LogP contribution in [0.3, 0.4) is 0 Å². The van der Waals surface area contributed by atoms with Gasteiger partial charge in [-0.05, 0) is 58.7 Å². The Hall–Kier alpha value is -2.21. The van der Waals surface area contributed by atoms with E-state index < -0.39 is 17.8 Å². The zero-order chi connectivity index (χ0) is 20.4. The summed E-state index contributed by atoms with van der Waals surface area (Å²) in [5.41, 5.74) is 0.504. The standard InChI is InChI=1S/C22H24BrFO4/c1-2-3-4-5-6-7-13-27-21(25)16-9-8-10-17(14-16)22(26)28-20-12-11-18(24)15-19(20)23/h8-12,14-15H,2-7,13H2,1H3. The van der Waals surface area contributed by atoms with E-state index >= 15 is 0 Å². The van der Waals surface area contributed by atoms with Crippen LogP contribution in [-0.4, -0.2) is 18.5 Å². The molecule has 28 heavy (non-hydrogen) atoms. The number of rotatable bonds is 10. The van der Waals surface area contributed by atoms with Gasteiger partial charge in [-0.2, -0.15) is 0 Å². The minimum Gasteiger partial charge on any atom is -0.462 e. The van der Waals surface area contributed by atoms with Gasteiger partial charge in [-0.3, -0.25) is 0 Å². The van der Waals surface area contributed by atoms with Crippen molar-refractivity contribution in [3.05, 3.63) is 63.9 Å². The molecule has 0 aliphatic heterocycles. The van der Waals surface area contributed by atoms with Crippen LogP contribution in [0.4, 0.5) is 4.39 Å². The van der Waals surface area contributed by atoms with Gasteiger partial charge in [-0.25, -0.2) is 14.0 Å². The molecule has 0 amide bonds. The first-order valence-electron chi connectivity index (χ1n) is 9.45. The fourth-order valence-electron chi connectivity index (χ4n) is 2.62. The first-order chi connectivity index (χ1) is 13.5. The number of halogens is 2. The van der Waals surface area contributed by atoms with Crippen LogP contribution in [0.15, 0.2) is 46.9 Å². The second-order valence-electron chi connectivity index (χ2n) is 6.45. The van der Waals surface area contributed by atoms with Gasteiger partial charge < -0.3 is 9.47 Å². The Bertz CT molecular complexity index is 807. The molecule has 0 saturated heterocycles. The summed E-state index contributed by atoms with van der Waals surface area (Å²) in [6.07, 6.45) is 6.65. The van der Waals surface area contributed by atoms with E-state index in [-0.39, 0.29) is 11.3 Å². The van der Waals surface area contributed by atoms with Gasteiger partial charge >= 0.3 is 11.9 Å². The molecule has 150 valence electrons. The van der Waals surface area contributed by atoms with Crippen molar-refractivity contribution in [2.24, 2.45) is 0 Å². The molecule has 0 aliphatic carbocycles. The van der Waals surface area contributed by atoms with Crippen LogP contribution in [0, 0.1) is 5.82 Å². The Morgan fingerprint density at radius 3 is 2.32 bits per heavy atom. The number of hydrogen-bond donors (Lipinski definition) is 0. The predicted octanol–water partition coefficient (Wildman–Crippen LogP) is 6.32. The number of carbonyl (C=O) groups excluding carboxylic acids is 2. The maximum absolute atomic E-state index is 13.1. The average Bonchev–Trinajstić information content (AvgIpc) is 2.69. The van der Waals surface area contributed by atoms with E-state index in [1.807, 2.05) is 0 Å². The summed E-state index contributed by atoms with van der Waals surface area (Å²) in [6, 6.07) is 9.93. The van der Waals surface area contributed by atoms with Crippen molar-refractivity contribution in [3.8, 4) is 5.75 Å². The Balaban J connectivity index is 1.88. The number of carbonyl (C=O) groups is 2. The molecule has 6 heteroatoms. The Morgan fingerprint density at radius 2 is 1.61 bits per heavy atom.